The molecule has 2 nitrogen and oxygen atoms in total. The van der Waals surface area contributed by atoms with Crippen LogP contribution in [0.3, 0.4) is 0 Å². The lowest BCUT2D eigenvalue weighted by molar-refractivity contribution is 1.19. The van der Waals surface area contributed by atoms with E-state index in [2.05, 4.69) is 16.2 Å². The van der Waals surface area contributed by atoms with Gasteiger partial charge in [-0.15, -0.1) is 0 Å². The van der Waals surface area contributed by atoms with Gasteiger partial charge >= 0.3 is 0 Å². The Kier molecular flexibility index (Phi) is 2.11. The van der Waals surface area contributed by atoms with Crippen LogP contribution in [0, 0.1) is 6.20 Å². The van der Waals surface area contributed by atoms with E-state index in [-0.39, 0.29) is 15.5 Å². The first kappa shape index (κ1) is 7.06. The van der Waals surface area contributed by atoms with Gasteiger partial charge in [0.1, 0.15) is 6.20 Å². The zero-order valence-electron chi connectivity index (χ0n) is 4.03. The molecule has 1 aromatic rings. The Bertz CT molecular complexity index is 225. The molecule has 5 heteroatoms. The fraction of sp³-hybridized carbons (Fsp3) is 0. The minimum Gasteiger partial charge on any atom is -0.228 e. The molecule has 0 amide bonds. The Balaban J connectivity index is 3.17. The van der Waals surface area contributed by atoms with Crippen LogP contribution in [0.5, 0.6) is 0 Å². The van der Waals surface area contributed by atoms with Crippen LogP contribution in [0.1, 0.15) is 0 Å². The van der Waals surface area contributed by atoms with E-state index in [1.165, 1.54) is 0 Å². The molecule has 0 aliphatic carbocycles. The molecule has 0 spiro atoms. The van der Waals surface area contributed by atoms with Gasteiger partial charge in [-0.2, -0.15) is 0 Å². The van der Waals surface area contributed by atoms with Crippen molar-refractivity contribution in [1.82, 2.24) is 9.97 Å². The van der Waals surface area contributed by atoms with E-state index in [9.17, 15) is 0 Å². The fourth-order valence-corrected chi connectivity index (χ4v) is 0.680. The number of hydrogen-bond acceptors (Lipinski definition) is 2. The third-order valence-corrected chi connectivity index (χ3v) is 1.41. The van der Waals surface area contributed by atoms with Crippen LogP contribution in [-0.2, 0) is 0 Å². The van der Waals surface area contributed by atoms with Gasteiger partial charge < -0.3 is 0 Å². The highest BCUT2D eigenvalue weighted by atomic mass is 35.5. The zero-order valence-corrected chi connectivity index (χ0v) is 6.30. The van der Waals surface area contributed by atoms with Gasteiger partial charge in [-0.1, -0.05) is 34.8 Å². The standard InChI is InChI=1S/C4Cl3N2/c5-2-1-8-3(6)4(7)9-2. The third kappa shape index (κ3) is 1.68. The minimum absolute atomic E-state index is 0.0976. The summed E-state index contributed by atoms with van der Waals surface area (Å²) in [6, 6.07) is 0. The van der Waals surface area contributed by atoms with Crippen molar-refractivity contribution in [3.05, 3.63) is 21.7 Å². The molecular weight excluding hydrogens is 182 g/mol. The lowest BCUT2D eigenvalue weighted by atomic mass is 10.8. The van der Waals surface area contributed by atoms with E-state index >= 15 is 0 Å². The summed E-state index contributed by atoms with van der Waals surface area (Å²) >= 11 is 16.1. The second kappa shape index (κ2) is 2.69. The van der Waals surface area contributed by atoms with E-state index < -0.39 is 0 Å². The van der Waals surface area contributed by atoms with Crippen molar-refractivity contribution in [1.29, 1.82) is 0 Å². The smallest absolute Gasteiger partial charge is 0.168 e. The molecule has 1 radical (unpaired) electrons. The molecule has 1 aromatic heterocycles. The average molecular weight is 182 g/mol. The van der Waals surface area contributed by atoms with Crippen LogP contribution >= 0.6 is 34.8 Å². The van der Waals surface area contributed by atoms with Crippen molar-refractivity contribution >= 4 is 34.8 Å². The topological polar surface area (TPSA) is 25.8 Å². The number of rotatable bonds is 0. The number of aromatic nitrogens is 2. The maximum absolute atomic E-state index is 5.40. The maximum atomic E-state index is 5.40. The quantitative estimate of drug-likeness (QED) is 0.615. The summed E-state index contributed by atoms with van der Waals surface area (Å²) in [4.78, 5) is 7.05. The van der Waals surface area contributed by atoms with E-state index in [1.807, 2.05) is 0 Å². The molecule has 1 heterocycles. The van der Waals surface area contributed by atoms with Crippen molar-refractivity contribution in [2.45, 2.75) is 0 Å². The SMILES string of the molecule is Clc1[c]nc(Cl)c(Cl)n1. The van der Waals surface area contributed by atoms with Gasteiger partial charge in [0.05, 0.1) is 0 Å². The van der Waals surface area contributed by atoms with Crippen molar-refractivity contribution in [2.75, 3.05) is 0 Å². The molecular formula is C4Cl3N2. The number of halogens is 3. The average Bonchev–Trinajstić information content (AvgIpc) is 1.80. The summed E-state index contributed by atoms with van der Waals surface area (Å²) in [5, 5.41) is 0.325. The highest BCUT2D eigenvalue weighted by molar-refractivity contribution is 6.40. The fourth-order valence-electron chi connectivity index (χ4n) is 0.299. The second-order valence-corrected chi connectivity index (χ2v) is 2.28. The van der Waals surface area contributed by atoms with Crippen LogP contribution in [0.25, 0.3) is 0 Å². The summed E-state index contributed by atoms with van der Waals surface area (Å²) in [5.41, 5.74) is 0. The molecule has 0 fully saturated rings. The van der Waals surface area contributed by atoms with Crippen molar-refractivity contribution < 1.29 is 0 Å². The summed E-state index contributed by atoms with van der Waals surface area (Å²) < 4.78 is 0. The van der Waals surface area contributed by atoms with Crippen LogP contribution in [0.15, 0.2) is 0 Å². The predicted octanol–water partition coefficient (Wildman–Crippen LogP) is 2.24. The highest BCUT2D eigenvalue weighted by Crippen LogP contribution is 2.16. The molecule has 0 N–H and O–H groups in total. The van der Waals surface area contributed by atoms with E-state index in [0.717, 1.165) is 0 Å². The van der Waals surface area contributed by atoms with Crippen LogP contribution < -0.4 is 0 Å². The molecule has 0 aliphatic heterocycles. The van der Waals surface area contributed by atoms with Crippen LogP contribution in [-0.4, -0.2) is 9.97 Å². The van der Waals surface area contributed by atoms with Gasteiger partial charge in [-0.3, -0.25) is 0 Å². The van der Waals surface area contributed by atoms with E-state index in [1.54, 1.807) is 0 Å². The Labute approximate surface area is 66.8 Å². The lowest BCUT2D eigenvalue weighted by Crippen LogP contribution is -1.81. The molecule has 0 saturated heterocycles. The van der Waals surface area contributed by atoms with E-state index in [0.29, 0.717) is 0 Å². The van der Waals surface area contributed by atoms with Crippen molar-refractivity contribution in [2.24, 2.45) is 0 Å². The molecule has 0 unspecified atom stereocenters. The number of hydrogen-bond donors (Lipinski definition) is 0. The first-order valence-corrected chi connectivity index (χ1v) is 3.10. The molecule has 47 valence electrons. The molecule has 9 heavy (non-hydrogen) atoms. The van der Waals surface area contributed by atoms with Gasteiger partial charge in [-0.25, -0.2) is 9.97 Å². The van der Waals surface area contributed by atoms with Crippen LogP contribution in [0.2, 0.25) is 15.5 Å². The summed E-state index contributed by atoms with van der Waals surface area (Å²) in [7, 11) is 0. The summed E-state index contributed by atoms with van der Waals surface area (Å²) in [5.74, 6) is 0. The maximum Gasteiger partial charge on any atom is 0.168 e. The minimum atomic E-state index is 0.0976. The molecule has 0 bridgehead atoms. The lowest BCUT2D eigenvalue weighted by Gasteiger charge is -1.89. The molecule has 0 aromatic carbocycles. The second-order valence-electron chi connectivity index (χ2n) is 1.21. The summed E-state index contributed by atoms with van der Waals surface area (Å²) in [6.07, 6.45) is 2.33. The molecule has 0 atom stereocenters. The molecule has 0 saturated carbocycles. The largest absolute Gasteiger partial charge is 0.228 e. The Morgan fingerprint density at radius 3 is 2.22 bits per heavy atom. The summed E-state index contributed by atoms with van der Waals surface area (Å²) in [6.45, 7) is 0. The Hall–Kier alpha value is -0.0500. The Morgan fingerprint density at radius 2 is 1.78 bits per heavy atom. The molecule has 1 rings (SSSR count). The normalized spacial score (nSPS) is 9.67. The first-order chi connectivity index (χ1) is 4.20. The first-order valence-electron chi connectivity index (χ1n) is 1.96. The highest BCUT2D eigenvalue weighted by Gasteiger charge is 1.99. The van der Waals surface area contributed by atoms with Gasteiger partial charge in [0.15, 0.2) is 15.5 Å². The van der Waals surface area contributed by atoms with Crippen LogP contribution in [0.4, 0.5) is 0 Å². The van der Waals surface area contributed by atoms with Crippen molar-refractivity contribution in [3.8, 4) is 0 Å². The van der Waals surface area contributed by atoms with Gasteiger partial charge in [0.25, 0.3) is 0 Å². The monoisotopic (exact) mass is 181 g/mol. The zero-order chi connectivity index (χ0) is 6.85. The van der Waals surface area contributed by atoms with Gasteiger partial charge in [0.2, 0.25) is 0 Å². The molecule has 0 aliphatic rings. The van der Waals surface area contributed by atoms with Gasteiger partial charge in [0, 0.05) is 0 Å². The van der Waals surface area contributed by atoms with Crippen molar-refractivity contribution in [3.63, 3.8) is 0 Å². The number of nitrogens with zero attached hydrogens (tertiary/aromatic N) is 2. The van der Waals surface area contributed by atoms with E-state index in [4.69, 9.17) is 34.8 Å². The Morgan fingerprint density at radius 1 is 1.11 bits per heavy atom. The van der Waals surface area contributed by atoms with Gasteiger partial charge in [-0.05, 0) is 0 Å². The predicted molar refractivity (Wildman–Crippen MR) is 35.9 cm³/mol. The third-order valence-electron chi connectivity index (χ3n) is 0.613.